The molecule has 0 aromatic carbocycles. The first-order valence-corrected chi connectivity index (χ1v) is 2.47. The molecule has 0 aromatic heterocycles. The Morgan fingerprint density at radius 3 is 1.56 bits per heavy atom. The van der Waals surface area contributed by atoms with Crippen molar-refractivity contribution >= 4 is 29.6 Å². The zero-order valence-corrected chi connectivity index (χ0v) is 6.02. The van der Waals surface area contributed by atoms with E-state index in [1.54, 1.807) is 0 Å². The quantitative estimate of drug-likeness (QED) is 0.395. The summed E-state index contributed by atoms with van der Waals surface area (Å²) in [6, 6.07) is 0. The van der Waals surface area contributed by atoms with Gasteiger partial charge in [0.15, 0.2) is 0 Å². The van der Waals surface area contributed by atoms with Crippen LogP contribution in [-0.4, -0.2) is 73.4 Å². The molecule has 0 rings (SSSR count). The fraction of sp³-hybridized carbons (Fsp3) is 1.00. The summed E-state index contributed by atoms with van der Waals surface area (Å²) >= 11 is 0. The minimum absolute atomic E-state index is 0. The van der Waals surface area contributed by atoms with Crippen LogP contribution in [0.1, 0.15) is 0 Å². The molecule has 0 radical (unpaired) electrons. The van der Waals surface area contributed by atoms with Crippen LogP contribution in [0.5, 0.6) is 0 Å². The second kappa shape index (κ2) is 6.99. The minimum atomic E-state index is 0. The number of likely N-dealkylation sites (N-methyl/N-ethyl adjacent to an activating group) is 1. The molecule has 0 heterocycles. The average molecular weight is 145 g/mol. The van der Waals surface area contributed by atoms with Crippen molar-refractivity contribution < 1.29 is 9.59 Å². The molecule has 4 N–H and O–H groups in total. The van der Waals surface area contributed by atoms with Crippen molar-refractivity contribution in [1.82, 2.24) is 6.15 Å². The molecule has 0 saturated heterocycles. The first kappa shape index (κ1) is 16.5. The van der Waals surface area contributed by atoms with Crippen molar-refractivity contribution in [1.29, 1.82) is 0 Å². The third-order valence-corrected chi connectivity index (χ3v) is 0.771. The molecule has 0 bridgehead atoms. The molecule has 0 fully saturated rings. The molecule has 0 unspecified atom stereocenters. The SMILES string of the molecule is C[N+](C)(C)CCO.N.[NaH]. The summed E-state index contributed by atoms with van der Waals surface area (Å²) < 4.78 is 0.844. The normalized spacial score (nSPS) is 9.33. The van der Waals surface area contributed by atoms with E-state index in [2.05, 4.69) is 21.1 Å². The predicted octanol–water partition coefficient (Wildman–Crippen LogP) is -0.802. The molecule has 0 aliphatic rings. The summed E-state index contributed by atoms with van der Waals surface area (Å²) in [5.74, 6) is 0. The Balaban J connectivity index is -0.000000180. The Hall–Kier alpha value is 0.880. The number of hydrogen-bond donors (Lipinski definition) is 2. The van der Waals surface area contributed by atoms with E-state index in [0.29, 0.717) is 0 Å². The van der Waals surface area contributed by atoms with Crippen LogP contribution in [0.2, 0.25) is 0 Å². The fourth-order valence-electron chi connectivity index (χ4n) is 0.300. The Morgan fingerprint density at radius 1 is 1.22 bits per heavy atom. The van der Waals surface area contributed by atoms with E-state index >= 15 is 0 Å². The Bertz CT molecular complexity index is 53.4. The second-order valence-corrected chi connectivity index (χ2v) is 2.74. The monoisotopic (exact) mass is 145 g/mol. The molecular weight excluding hydrogens is 127 g/mol. The summed E-state index contributed by atoms with van der Waals surface area (Å²) in [6.07, 6.45) is 0. The van der Waals surface area contributed by atoms with Crippen molar-refractivity contribution in [3.63, 3.8) is 0 Å². The van der Waals surface area contributed by atoms with E-state index in [1.165, 1.54) is 0 Å². The first-order chi connectivity index (χ1) is 3.06. The molecule has 0 saturated carbocycles. The van der Waals surface area contributed by atoms with Crippen LogP contribution in [0, 0.1) is 0 Å². The van der Waals surface area contributed by atoms with Gasteiger partial charge in [0.05, 0.1) is 27.7 Å². The van der Waals surface area contributed by atoms with Gasteiger partial charge in [-0.2, -0.15) is 0 Å². The Morgan fingerprint density at radius 2 is 1.56 bits per heavy atom. The van der Waals surface area contributed by atoms with Crippen molar-refractivity contribution in [3.05, 3.63) is 0 Å². The van der Waals surface area contributed by atoms with Crippen molar-refractivity contribution in [2.24, 2.45) is 0 Å². The number of aliphatic hydroxyl groups is 1. The molecule has 0 aromatic rings. The summed E-state index contributed by atoms with van der Waals surface area (Å²) in [7, 11) is 6.16. The zero-order valence-electron chi connectivity index (χ0n) is 6.02. The van der Waals surface area contributed by atoms with Gasteiger partial charge >= 0.3 is 29.6 Å². The average Bonchev–Trinajstić information content (AvgIpc) is 1.30. The van der Waals surface area contributed by atoms with E-state index < -0.39 is 0 Å². The number of aliphatic hydroxyl groups excluding tert-OH is 1. The van der Waals surface area contributed by atoms with Gasteiger partial charge in [0.25, 0.3) is 0 Å². The predicted molar refractivity (Wildman–Crippen MR) is 42.2 cm³/mol. The van der Waals surface area contributed by atoms with E-state index in [9.17, 15) is 0 Å². The number of quaternary nitrogens is 1. The molecule has 0 atom stereocenters. The van der Waals surface area contributed by atoms with Gasteiger partial charge in [0.1, 0.15) is 6.54 Å². The number of hydrogen-bond acceptors (Lipinski definition) is 2. The van der Waals surface area contributed by atoms with Gasteiger partial charge in [-0.05, 0) is 0 Å². The number of nitrogens with zero attached hydrogens (tertiary/aromatic N) is 1. The van der Waals surface area contributed by atoms with Crippen LogP contribution < -0.4 is 6.15 Å². The van der Waals surface area contributed by atoms with Gasteiger partial charge in [-0.1, -0.05) is 0 Å². The molecule has 9 heavy (non-hydrogen) atoms. The topological polar surface area (TPSA) is 55.2 Å². The summed E-state index contributed by atoms with van der Waals surface area (Å²) in [4.78, 5) is 0. The summed E-state index contributed by atoms with van der Waals surface area (Å²) in [6.45, 7) is 1.11. The van der Waals surface area contributed by atoms with Crippen LogP contribution in [0.15, 0.2) is 0 Å². The van der Waals surface area contributed by atoms with Crippen LogP contribution in [0.4, 0.5) is 0 Å². The maximum atomic E-state index is 8.39. The van der Waals surface area contributed by atoms with E-state index in [1.807, 2.05) is 0 Å². The molecule has 0 amide bonds. The van der Waals surface area contributed by atoms with Gasteiger partial charge in [0.2, 0.25) is 0 Å². The summed E-state index contributed by atoms with van der Waals surface area (Å²) in [5, 5.41) is 8.39. The Labute approximate surface area is 79.5 Å². The molecule has 0 aliphatic heterocycles. The summed E-state index contributed by atoms with van der Waals surface area (Å²) in [5.41, 5.74) is 0. The van der Waals surface area contributed by atoms with Crippen molar-refractivity contribution in [2.75, 3.05) is 34.3 Å². The first-order valence-electron chi connectivity index (χ1n) is 2.47. The van der Waals surface area contributed by atoms with Crippen molar-refractivity contribution in [3.8, 4) is 0 Å². The number of rotatable bonds is 2. The molecule has 54 valence electrons. The van der Waals surface area contributed by atoms with Crippen LogP contribution in [0.25, 0.3) is 0 Å². The van der Waals surface area contributed by atoms with Gasteiger partial charge in [-0.15, -0.1) is 0 Å². The maximum absolute atomic E-state index is 8.39. The Kier molecular flexibility index (Phi) is 12.8. The van der Waals surface area contributed by atoms with Gasteiger partial charge in [-0.25, -0.2) is 0 Å². The molecule has 4 heteroatoms. The second-order valence-electron chi connectivity index (χ2n) is 2.74. The van der Waals surface area contributed by atoms with Gasteiger partial charge < -0.3 is 15.7 Å². The van der Waals surface area contributed by atoms with Gasteiger partial charge in [0, 0.05) is 0 Å². The molecule has 0 spiro atoms. The van der Waals surface area contributed by atoms with Crippen molar-refractivity contribution in [2.45, 2.75) is 0 Å². The van der Waals surface area contributed by atoms with Crippen LogP contribution >= 0.6 is 0 Å². The zero-order chi connectivity index (χ0) is 5.91. The fourth-order valence-corrected chi connectivity index (χ4v) is 0.300. The third kappa shape index (κ3) is 17.7. The standard InChI is InChI=1S/C5H14NO.H3N.Na.H/c1-6(2,3)4-5-7;;;/h7H,4-5H2,1-3H3;1H3;;/q+1;;;. The van der Waals surface area contributed by atoms with Crippen LogP contribution in [0.3, 0.4) is 0 Å². The van der Waals surface area contributed by atoms with E-state index in [4.69, 9.17) is 5.11 Å². The molecular formula is C5H18N2NaO+. The third-order valence-electron chi connectivity index (χ3n) is 0.771. The van der Waals surface area contributed by atoms with E-state index in [0.717, 1.165) is 11.0 Å². The molecule has 0 aliphatic carbocycles. The van der Waals surface area contributed by atoms with Crippen LogP contribution in [-0.2, 0) is 0 Å². The van der Waals surface area contributed by atoms with E-state index in [-0.39, 0.29) is 42.3 Å². The molecule has 3 nitrogen and oxygen atoms in total. The van der Waals surface area contributed by atoms with Gasteiger partial charge in [-0.3, -0.25) is 0 Å².